The summed E-state index contributed by atoms with van der Waals surface area (Å²) in [5.74, 6) is -2.31. The van der Waals surface area contributed by atoms with E-state index in [2.05, 4.69) is 79.1 Å². The smallest absolute Gasteiger partial charge is 0.324 e. The second kappa shape index (κ2) is 20.1. The molecule has 4 amide bonds. The Balaban J connectivity index is 1.31. The Morgan fingerprint density at radius 3 is 2.52 bits per heavy atom. The summed E-state index contributed by atoms with van der Waals surface area (Å²) in [6.07, 6.45) is 5.75. The molecule has 3 aliphatic rings. The van der Waals surface area contributed by atoms with Gasteiger partial charge in [0.1, 0.15) is 24.7 Å². The van der Waals surface area contributed by atoms with Crippen LogP contribution in [0.1, 0.15) is 90.2 Å². The molecule has 3 aliphatic heterocycles. The second-order valence-electron chi connectivity index (χ2n) is 18.8. The van der Waals surface area contributed by atoms with Crippen LogP contribution in [-0.2, 0) is 52.8 Å². The Labute approximate surface area is 382 Å². The number of hydrazine groups is 1. The number of aryl methyl sites for hydroxylation is 1. The maximum atomic E-state index is 14.7. The van der Waals surface area contributed by atoms with E-state index in [1.807, 2.05) is 39.0 Å². The van der Waals surface area contributed by atoms with Crippen molar-refractivity contribution >= 4 is 40.5 Å². The third kappa shape index (κ3) is 10.2. The molecule has 14 nitrogen and oxygen atoms in total. The maximum absolute atomic E-state index is 14.7. The van der Waals surface area contributed by atoms with Crippen LogP contribution in [0.2, 0.25) is 0 Å². The number of carbonyl (C=O) groups is 5. The van der Waals surface area contributed by atoms with Gasteiger partial charge < -0.3 is 29.2 Å². The predicted molar refractivity (Wildman–Crippen MR) is 250 cm³/mol. The van der Waals surface area contributed by atoms with Gasteiger partial charge >= 0.3 is 5.97 Å². The monoisotopic (exact) mass is 887 g/mol. The molecule has 2 aromatic heterocycles. The van der Waals surface area contributed by atoms with Gasteiger partial charge in [-0.2, -0.15) is 0 Å². The van der Waals surface area contributed by atoms with Crippen LogP contribution in [0.4, 0.5) is 0 Å². The summed E-state index contributed by atoms with van der Waals surface area (Å²) in [5, 5.41) is 5.59. The van der Waals surface area contributed by atoms with Gasteiger partial charge in [0.2, 0.25) is 17.7 Å². The number of nitrogens with zero attached hydrogens (tertiary/aromatic N) is 5. The molecule has 6 bridgehead atoms. The quantitative estimate of drug-likeness (QED) is 0.143. The third-order valence-corrected chi connectivity index (χ3v) is 13.1. The average Bonchev–Trinajstić information content (AvgIpc) is 3.60. The van der Waals surface area contributed by atoms with Crippen LogP contribution in [-0.4, -0.2) is 112 Å². The molecule has 346 valence electrons. The van der Waals surface area contributed by atoms with Crippen molar-refractivity contribution < 1.29 is 33.4 Å². The van der Waals surface area contributed by atoms with E-state index in [1.165, 1.54) is 16.0 Å². The summed E-state index contributed by atoms with van der Waals surface area (Å²) in [5.41, 5.74) is 10.5. The minimum absolute atomic E-state index is 0.135. The minimum atomic E-state index is -1.05. The molecule has 14 heteroatoms. The molecule has 4 atom stereocenters. The van der Waals surface area contributed by atoms with Gasteiger partial charge in [0.25, 0.3) is 5.91 Å². The lowest BCUT2D eigenvalue weighted by Gasteiger charge is -2.38. The highest BCUT2D eigenvalue weighted by Crippen LogP contribution is 2.42. The van der Waals surface area contributed by atoms with Crippen molar-refractivity contribution in [3.63, 3.8) is 0 Å². The van der Waals surface area contributed by atoms with Crippen LogP contribution in [0.5, 0.6) is 0 Å². The van der Waals surface area contributed by atoms with Gasteiger partial charge in [-0.15, -0.1) is 0 Å². The molecular formula is C51H65N7O7. The lowest BCUT2D eigenvalue weighted by atomic mass is 9.84. The lowest BCUT2D eigenvalue weighted by molar-refractivity contribution is -0.155. The largest absolute Gasteiger partial charge is 0.464 e. The zero-order valence-corrected chi connectivity index (χ0v) is 39.0. The topological polar surface area (TPSA) is 155 Å². The molecule has 2 aromatic carbocycles. The van der Waals surface area contributed by atoms with Crippen molar-refractivity contribution in [2.75, 3.05) is 39.9 Å². The molecule has 4 aromatic rings. The minimum Gasteiger partial charge on any atom is -0.464 e. The third-order valence-electron chi connectivity index (χ3n) is 13.1. The van der Waals surface area contributed by atoms with Gasteiger partial charge in [-0.05, 0) is 104 Å². The normalized spacial score (nSPS) is 20.7. The van der Waals surface area contributed by atoms with Gasteiger partial charge in [0, 0.05) is 67.8 Å². The predicted octanol–water partition coefficient (Wildman–Crippen LogP) is 6.41. The number of hydrogen-bond acceptors (Lipinski definition) is 9. The Bertz CT molecular complexity index is 2440. The fraction of sp³-hybridized carbons (Fsp3) is 0.490. The van der Waals surface area contributed by atoms with E-state index in [1.54, 1.807) is 18.2 Å². The number of nitrogens with one attached hydrogen (secondary N) is 2. The van der Waals surface area contributed by atoms with E-state index in [-0.39, 0.29) is 43.4 Å². The van der Waals surface area contributed by atoms with E-state index in [9.17, 15) is 24.0 Å². The molecule has 2 saturated heterocycles. The van der Waals surface area contributed by atoms with Crippen molar-refractivity contribution in [2.45, 2.75) is 111 Å². The molecule has 5 heterocycles. The highest BCUT2D eigenvalue weighted by Gasteiger charge is 2.39. The number of amides is 4. The number of esters is 1. The van der Waals surface area contributed by atoms with Crippen molar-refractivity contribution in [3.8, 4) is 22.4 Å². The number of ether oxygens (including phenoxy) is 2. The van der Waals surface area contributed by atoms with Crippen LogP contribution in [0.25, 0.3) is 33.3 Å². The SMILES string of the molecule is C=CC(=O)N1CCCCN([C@H](C(=O)N[C@H]2Cc3cccc(c3)-c3ccc4c(c3)c(c(-c3cccnc3[C@H](C)OC)n4CC)CC(C)(C)COC(=O)[C@@H]3CCCN(N3)C2=O)C(C)C)C(=O)C1. The molecule has 0 saturated carbocycles. The highest BCUT2D eigenvalue weighted by atomic mass is 16.5. The van der Waals surface area contributed by atoms with Crippen molar-refractivity contribution in [2.24, 2.45) is 11.3 Å². The van der Waals surface area contributed by atoms with Crippen LogP contribution in [0.3, 0.4) is 0 Å². The first-order valence-corrected chi connectivity index (χ1v) is 23.1. The van der Waals surface area contributed by atoms with E-state index >= 15 is 0 Å². The van der Waals surface area contributed by atoms with E-state index in [4.69, 9.17) is 14.5 Å². The van der Waals surface area contributed by atoms with Gasteiger partial charge in [-0.1, -0.05) is 64.6 Å². The Hall–Kier alpha value is -5.86. The fourth-order valence-corrected chi connectivity index (χ4v) is 9.70. The zero-order valence-electron chi connectivity index (χ0n) is 39.0. The number of pyridine rings is 1. The number of fused-ring (bicyclic) bond motifs is 6. The zero-order chi connectivity index (χ0) is 46.6. The molecule has 2 fully saturated rings. The first-order chi connectivity index (χ1) is 31.1. The van der Waals surface area contributed by atoms with Crippen molar-refractivity contribution in [3.05, 3.63) is 90.3 Å². The van der Waals surface area contributed by atoms with Crippen molar-refractivity contribution in [1.29, 1.82) is 0 Å². The van der Waals surface area contributed by atoms with E-state index < -0.39 is 41.3 Å². The first kappa shape index (κ1) is 47.1. The Kier molecular flexibility index (Phi) is 14.6. The summed E-state index contributed by atoms with van der Waals surface area (Å²) in [7, 11) is 1.69. The lowest BCUT2D eigenvalue weighted by Crippen LogP contribution is -2.62. The Morgan fingerprint density at radius 2 is 1.78 bits per heavy atom. The molecule has 0 radical (unpaired) electrons. The standard InChI is InChI=1S/C51H65N7O7/c1-9-43(59)55-23-11-12-24-57(44(60)30-55)46(32(3)4)48(61)53-41-27-34-16-13-17-35(26-34)36-20-21-42-38(28-36)39(47(56(42)10-2)37-18-14-22-52-45(37)33(5)64-8)29-51(6,7)31-65-50(63)40-19-15-25-58(54-40)49(41)62/h9,13-14,16-18,20-22,26,28,32-33,40-41,46,54H,1,10-12,15,19,23-25,27,29-31H2,2-8H3,(H,53,61)/t33-,40-,41-,46-/m0/s1. The summed E-state index contributed by atoms with van der Waals surface area (Å²) < 4.78 is 14.3. The molecule has 0 unspecified atom stereocenters. The summed E-state index contributed by atoms with van der Waals surface area (Å²) in [6.45, 7) is 17.4. The van der Waals surface area contributed by atoms with Crippen LogP contribution in [0.15, 0.2) is 73.4 Å². The van der Waals surface area contributed by atoms with E-state index in [0.29, 0.717) is 58.3 Å². The van der Waals surface area contributed by atoms with Gasteiger partial charge in [0.15, 0.2) is 0 Å². The molecule has 65 heavy (non-hydrogen) atoms. The number of rotatable bonds is 9. The Morgan fingerprint density at radius 1 is 1.02 bits per heavy atom. The second-order valence-corrected chi connectivity index (χ2v) is 18.8. The van der Waals surface area contributed by atoms with Gasteiger partial charge in [0.05, 0.1) is 24.1 Å². The molecule has 7 rings (SSSR count). The number of hydrogen-bond donors (Lipinski definition) is 2. The maximum Gasteiger partial charge on any atom is 0.324 e. The van der Waals surface area contributed by atoms with Crippen LogP contribution in [0, 0.1) is 11.3 Å². The average molecular weight is 888 g/mol. The molecule has 2 N–H and O–H groups in total. The first-order valence-electron chi connectivity index (χ1n) is 23.1. The summed E-state index contributed by atoms with van der Waals surface area (Å²) >= 11 is 0. The molecule has 0 spiro atoms. The number of methoxy groups -OCH3 is 1. The summed E-state index contributed by atoms with van der Waals surface area (Å²) in [4.78, 5) is 77.5. The number of benzene rings is 2. The molecular weight excluding hydrogens is 823 g/mol. The van der Waals surface area contributed by atoms with Crippen molar-refractivity contribution in [1.82, 2.24) is 35.1 Å². The number of aromatic nitrogens is 2. The molecule has 0 aliphatic carbocycles. The van der Waals surface area contributed by atoms with E-state index in [0.717, 1.165) is 50.1 Å². The highest BCUT2D eigenvalue weighted by molar-refractivity contribution is 5.96. The van der Waals surface area contributed by atoms with Crippen LogP contribution < -0.4 is 10.7 Å². The van der Waals surface area contributed by atoms with Gasteiger partial charge in [-0.3, -0.25) is 34.0 Å². The number of carbonyl (C=O) groups excluding carboxylic acids is 5. The van der Waals surface area contributed by atoms with Gasteiger partial charge in [-0.25, -0.2) is 5.43 Å². The summed E-state index contributed by atoms with van der Waals surface area (Å²) in [6, 6.07) is 15.9. The fourth-order valence-electron chi connectivity index (χ4n) is 9.70. The number of cyclic esters (lactones) is 1. The van der Waals surface area contributed by atoms with Crippen LogP contribution >= 0.6 is 0 Å².